The number of aromatic nitrogens is 5. The van der Waals surface area contributed by atoms with E-state index in [0.29, 0.717) is 41.3 Å². The molecular formula is C43H47F5N8O5. The van der Waals surface area contributed by atoms with Crippen LogP contribution in [0.5, 0.6) is 0 Å². The van der Waals surface area contributed by atoms with Crippen LogP contribution < -0.4 is 16.3 Å². The first-order valence-electron chi connectivity index (χ1n) is 20.6. The minimum absolute atomic E-state index is 0.0632. The van der Waals surface area contributed by atoms with Crippen LogP contribution in [0, 0.1) is 11.8 Å². The number of alkyl halides is 5. The first-order valence-corrected chi connectivity index (χ1v) is 20.6. The van der Waals surface area contributed by atoms with E-state index in [4.69, 9.17) is 4.74 Å². The van der Waals surface area contributed by atoms with Crippen LogP contribution in [0.25, 0.3) is 21.9 Å². The summed E-state index contributed by atoms with van der Waals surface area (Å²) in [5, 5.41) is 9.79. The highest BCUT2D eigenvalue weighted by Crippen LogP contribution is 2.37. The first-order chi connectivity index (χ1) is 29.1. The van der Waals surface area contributed by atoms with Crippen molar-refractivity contribution < 1.29 is 41.1 Å². The lowest BCUT2D eigenvalue weighted by Crippen LogP contribution is -2.44. The fourth-order valence-electron chi connectivity index (χ4n) is 9.19. The van der Waals surface area contributed by atoms with Crippen LogP contribution >= 0.6 is 0 Å². The summed E-state index contributed by atoms with van der Waals surface area (Å²) in [5.41, 5.74) is 0.101. The number of nitrogens with zero attached hydrogens (tertiary/aromatic N) is 6. The number of imide groups is 1. The molecule has 2 aliphatic carbocycles. The maximum atomic E-state index is 14.1. The summed E-state index contributed by atoms with van der Waals surface area (Å²) in [5.74, 6) is -0.924. The highest BCUT2D eigenvalue weighted by atomic mass is 19.4. The highest BCUT2D eigenvalue weighted by Gasteiger charge is 2.35. The molecule has 0 radical (unpaired) electrons. The van der Waals surface area contributed by atoms with Crippen molar-refractivity contribution in [2.45, 2.75) is 88.6 Å². The van der Waals surface area contributed by atoms with Gasteiger partial charge in [-0.05, 0) is 106 Å². The van der Waals surface area contributed by atoms with Crippen molar-refractivity contribution in [2.75, 3.05) is 32.1 Å². The van der Waals surface area contributed by atoms with Gasteiger partial charge in [-0.15, -0.1) is 0 Å². The fourth-order valence-corrected chi connectivity index (χ4v) is 9.19. The number of carbonyl (C=O) groups is 3. The van der Waals surface area contributed by atoms with Gasteiger partial charge >= 0.3 is 11.9 Å². The third-order valence-corrected chi connectivity index (χ3v) is 12.4. The van der Waals surface area contributed by atoms with Crippen LogP contribution in [0.1, 0.15) is 97.2 Å². The summed E-state index contributed by atoms with van der Waals surface area (Å²) in [7, 11) is 3.81. The molecule has 2 aromatic carbocycles. The summed E-state index contributed by atoms with van der Waals surface area (Å²) in [6.07, 6.45) is 0.924. The van der Waals surface area contributed by atoms with Crippen molar-refractivity contribution in [3.63, 3.8) is 0 Å². The minimum Gasteiger partial charge on any atom is -0.377 e. The van der Waals surface area contributed by atoms with Gasteiger partial charge < -0.3 is 15.0 Å². The van der Waals surface area contributed by atoms with Gasteiger partial charge in [-0.3, -0.25) is 33.5 Å². The average molecular weight is 851 g/mol. The summed E-state index contributed by atoms with van der Waals surface area (Å²) in [6.45, 7) is 2.31. The molecule has 2 saturated carbocycles. The van der Waals surface area contributed by atoms with E-state index < -0.39 is 47.4 Å². The molecule has 18 heteroatoms. The van der Waals surface area contributed by atoms with Gasteiger partial charge in [-0.25, -0.2) is 18.6 Å². The van der Waals surface area contributed by atoms with E-state index in [-0.39, 0.29) is 35.9 Å². The third-order valence-electron chi connectivity index (χ3n) is 12.4. The molecule has 13 nitrogen and oxygen atoms in total. The predicted octanol–water partition coefficient (Wildman–Crippen LogP) is 6.97. The molecule has 1 atom stereocenters. The molecule has 1 unspecified atom stereocenters. The second-order valence-corrected chi connectivity index (χ2v) is 16.7. The van der Waals surface area contributed by atoms with Crippen LogP contribution in [0.15, 0.2) is 59.5 Å². The number of halogens is 5. The number of amides is 3. The Balaban J connectivity index is 0.790. The van der Waals surface area contributed by atoms with Crippen molar-refractivity contribution >= 4 is 45.3 Å². The molecule has 0 spiro atoms. The Labute approximate surface area is 347 Å². The number of benzene rings is 2. The van der Waals surface area contributed by atoms with Crippen molar-refractivity contribution in [1.82, 2.24) is 34.1 Å². The number of likely N-dealkylation sites (N-methyl/N-ethyl adjacent to an activating group) is 1. The van der Waals surface area contributed by atoms with E-state index in [2.05, 4.69) is 32.7 Å². The van der Waals surface area contributed by atoms with Gasteiger partial charge in [-0.2, -0.15) is 18.3 Å². The number of aryl methyl sites for hydroxylation is 1. The Morgan fingerprint density at radius 3 is 2.49 bits per heavy atom. The SMILES string of the molecule is CN(CCOC1CC(Cc2cccc3c2n(C)c(=O)n3C2CCC(=O)NC2=O)C1)CC1CCC(n2cc3cc(NC(=O)c4cccc(C(F)(F)F)n4)c(C(F)F)cc3n2)CC1. The number of anilines is 1. The van der Waals surface area contributed by atoms with E-state index >= 15 is 0 Å². The number of nitrogens with one attached hydrogen (secondary N) is 2. The first kappa shape index (κ1) is 42.2. The Hall–Kier alpha value is -5.49. The molecule has 1 saturated heterocycles. The van der Waals surface area contributed by atoms with E-state index in [1.165, 1.54) is 16.7 Å². The molecule has 5 aromatic rings. The van der Waals surface area contributed by atoms with E-state index in [9.17, 15) is 41.1 Å². The topological polar surface area (TPSA) is 145 Å². The van der Waals surface area contributed by atoms with Crippen LogP contribution in [-0.2, 0) is 34.0 Å². The van der Waals surface area contributed by atoms with E-state index in [1.54, 1.807) is 22.5 Å². The summed E-state index contributed by atoms with van der Waals surface area (Å²) in [6, 6.07) is 10.6. The van der Waals surface area contributed by atoms with Crippen molar-refractivity contribution in [1.29, 1.82) is 0 Å². The number of fused-ring (bicyclic) bond motifs is 2. The van der Waals surface area contributed by atoms with Crippen LogP contribution in [0.4, 0.5) is 27.6 Å². The van der Waals surface area contributed by atoms with Gasteiger partial charge in [0.1, 0.15) is 17.4 Å². The Morgan fingerprint density at radius 2 is 1.77 bits per heavy atom. The van der Waals surface area contributed by atoms with Gasteiger partial charge in [0.25, 0.3) is 12.3 Å². The van der Waals surface area contributed by atoms with E-state index in [1.807, 2.05) is 18.2 Å². The van der Waals surface area contributed by atoms with Crippen LogP contribution in [0.3, 0.4) is 0 Å². The van der Waals surface area contributed by atoms with Crippen molar-refractivity contribution in [3.8, 4) is 0 Å². The monoisotopic (exact) mass is 850 g/mol. The second-order valence-electron chi connectivity index (χ2n) is 16.7. The van der Waals surface area contributed by atoms with Gasteiger partial charge in [0.05, 0.1) is 41.0 Å². The van der Waals surface area contributed by atoms with E-state index in [0.717, 1.165) is 87.3 Å². The number of hydrogen-bond donors (Lipinski definition) is 2. The third kappa shape index (κ3) is 8.96. The number of para-hydroxylation sites is 1. The largest absolute Gasteiger partial charge is 0.433 e. The smallest absolute Gasteiger partial charge is 0.377 e. The minimum atomic E-state index is -4.77. The lowest BCUT2D eigenvalue weighted by atomic mass is 9.78. The second kappa shape index (κ2) is 17.1. The molecule has 3 aliphatic rings. The number of pyridine rings is 1. The number of rotatable bonds is 13. The number of piperidine rings is 1. The standard InChI is InChI=1S/C43H47F5N8O5/c1-53(15-16-61-29-18-25(19-29)17-26-5-3-7-34-38(26)54(2)42(60)56(34)35-13-14-37(57)51-41(35)59)22-24-9-11-28(12-10-24)55-23-27-20-33(30(39(44)45)21-32(27)52-55)50-40(58)31-6-4-8-36(49-31)43(46,47)48/h3-8,20-21,23-25,28-29,35,39H,9-19,22H2,1-2H3,(H,50,58)(H,51,57,59). The van der Waals surface area contributed by atoms with Gasteiger partial charge in [0.2, 0.25) is 11.8 Å². The molecule has 3 amide bonds. The molecule has 324 valence electrons. The fraction of sp³-hybridized carbons (Fsp3) is 0.488. The maximum absolute atomic E-state index is 14.1. The average Bonchev–Trinajstić information content (AvgIpc) is 3.74. The van der Waals surface area contributed by atoms with Crippen LogP contribution in [-0.4, -0.2) is 79.4 Å². The molecule has 3 fully saturated rings. The Bertz CT molecular complexity index is 2520. The zero-order valence-electron chi connectivity index (χ0n) is 33.8. The Kier molecular flexibility index (Phi) is 11.8. The van der Waals surface area contributed by atoms with Crippen molar-refractivity contribution in [2.24, 2.45) is 18.9 Å². The summed E-state index contributed by atoms with van der Waals surface area (Å²) >= 11 is 0. The maximum Gasteiger partial charge on any atom is 0.433 e. The molecule has 61 heavy (non-hydrogen) atoms. The molecule has 1 aliphatic heterocycles. The molecular weight excluding hydrogens is 804 g/mol. The number of imidazole rings is 1. The highest BCUT2D eigenvalue weighted by molar-refractivity contribution is 6.04. The van der Waals surface area contributed by atoms with Gasteiger partial charge in [0.15, 0.2) is 0 Å². The summed E-state index contributed by atoms with van der Waals surface area (Å²) < 4.78 is 78.8. The molecule has 3 aromatic heterocycles. The molecule has 4 heterocycles. The molecule has 2 N–H and O–H groups in total. The normalized spacial score (nSPS) is 22.3. The molecule has 0 bridgehead atoms. The zero-order valence-corrected chi connectivity index (χ0v) is 33.8. The zero-order chi connectivity index (χ0) is 43.2. The number of carbonyl (C=O) groups excluding carboxylic acids is 3. The number of hydrogen-bond acceptors (Lipinski definition) is 8. The van der Waals surface area contributed by atoms with Gasteiger partial charge in [-0.1, -0.05) is 18.2 Å². The predicted molar refractivity (Wildman–Crippen MR) is 215 cm³/mol. The Morgan fingerprint density at radius 1 is 1.02 bits per heavy atom. The quantitative estimate of drug-likeness (QED) is 0.0955. The van der Waals surface area contributed by atoms with Crippen LogP contribution in [0.2, 0.25) is 0 Å². The lowest BCUT2D eigenvalue weighted by molar-refractivity contribution is -0.141. The molecule has 8 rings (SSSR count). The number of ether oxygens (including phenoxy) is 1. The summed E-state index contributed by atoms with van der Waals surface area (Å²) in [4.78, 5) is 56.1. The lowest BCUT2D eigenvalue weighted by Gasteiger charge is -2.36. The van der Waals surface area contributed by atoms with Crippen molar-refractivity contribution in [3.05, 3.63) is 87.7 Å². The van der Waals surface area contributed by atoms with Gasteiger partial charge in [0, 0.05) is 43.7 Å².